The Morgan fingerprint density at radius 1 is 1.14 bits per heavy atom. The number of aromatic carboxylic acids is 1. The Morgan fingerprint density at radius 2 is 1.82 bits per heavy atom. The number of aromatic nitrogens is 2. The van der Waals surface area contributed by atoms with Gasteiger partial charge in [0.15, 0.2) is 0 Å². The van der Waals surface area contributed by atoms with Gasteiger partial charge in [0.2, 0.25) is 0 Å². The highest BCUT2D eigenvalue weighted by Crippen LogP contribution is 2.11. The number of hydrogen-bond acceptors (Lipinski definition) is 5. The van der Waals surface area contributed by atoms with Crippen LogP contribution in [0, 0.1) is 6.92 Å². The van der Waals surface area contributed by atoms with Crippen molar-refractivity contribution in [2.24, 2.45) is 0 Å². The second-order valence-electron chi connectivity index (χ2n) is 4.79. The van der Waals surface area contributed by atoms with Crippen LogP contribution >= 0.6 is 0 Å². The summed E-state index contributed by atoms with van der Waals surface area (Å²) >= 11 is 0. The van der Waals surface area contributed by atoms with E-state index in [0.29, 0.717) is 22.4 Å². The van der Waals surface area contributed by atoms with E-state index < -0.39 is 5.97 Å². The van der Waals surface area contributed by atoms with Crippen molar-refractivity contribution in [1.29, 1.82) is 0 Å². The van der Waals surface area contributed by atoms with Crippen molar-refractivity contribution in [2.75, 3.05) is 5.43 Å². The maximum atomic E-state index is 12.5. The largest absolute Gasteiger partial charge is 0.545 e. The molecule has 0 saturated heterocycles. The monoisotopic (exact) mass is 294 g/mol. The zero-order chi connectivity index (χ0) is 15.7. The molecule has 6 heteroatoms. The third-order valence-electron chi connectivity index (χ3n) is 3.30. The van der Waals surface area contributed by atoms with Crippen LogP contribution in [-0.4, -0.2) is 15.6 Å². The summed E-state index contributed by atoms with van der Waals surface area (Å²) in [4.78, 5) is 27.6. The molecule has 0 bridgehead atoms. The van der Waals surface area contributed by atoms with Crippen molar-refractivity contribution in [1.82, 2.24) is 9.66 Å². The molecule has 6 nitrogen and oxygen atoms in total. The SMILES string of the molecule is Cc1nc2ccccc2c(=O)n1Nc1ccc(C(=O)[O-])cc1. The number of carboxylic acid groups (broad SMARTS) is 1. The average molecular weight is 294 g/mol. The number of para-hydroxylation sites is 1. The fraction of sp³-hybridized carbons (Fsp3) is 0.0625. The Labute approximate surface area is 125 Å². The summed E-state index contributed by atoms with van der Waals surface area (Å²) in [5, 5.41) is 11.2. The molecule has 1 aromatic heterocycles. The van der Waals surface area contributed by atoms with E-state index in [0.717, 1.165) is 0 Å². The highest BCUT2D eigenvalue weighted by atomic mass is 16.4. The number of fused-ring (bicyclic) bond motifs is 1. The quantitative estimate of drug-likeness (QED) is 0.777. The summed E-state index contributed by atoms with van der Waals surface area (Å²) in [6, 6.07) is 13.0. The number of nitrogens with zero attached hydrogens (tertiary/aromatic N) is 2. The maximum Gasteiger partial charge on any atom is 0.280 e. The lowest BCUT2D eigenvalue weighted by Gasteiger charge is -2.13. The van der Waals surface area contributed by atoms with E-state index in [9.17, 15) is 14.7 Å². The minimum Gasteiger partial charge on any atom is -0.545 e. The van der Waals surface area contributed by atoms with Crippen LogP contribution in [0.3, 0.4) is 0 Å². The van der Waals surface area contributed by atoms with Crippen LogP contribution in [0.2, 0.25) is 0 Å². The molecule has 0 fully saturated rings. The molecule has 3 rings (SSSR count). The maximum absolute atomic E-state index is 12.5. The number of anilines is 1. The van der Waals surface area contributed by atoms with Gasteiger partial charge in [0.1, 0.15) is 5.82 Å². The van der Waals surface area contributed by atoms with E-state index in [-0.39, 0.29) is 11.1 Å². The number of rotatable bonds is 3. The van der Waals surface area contributed by atoms with E-state index in [1.165, 1.54) is 16.8 Å². The molecule has 3 aromatic rings. The Morgan fingerprint density at radius 3 is 2.50 bits per heavy atom. The van der Waals surface area contributed by atoms with Crippen LogP contribution in [0.4, 0.5) is 5.69 Å². The first kappa shape index (κ1) is 13.8. The third kappa shape index (κ3) is 2.42. The first-order valence-corrected chi connectivity index (χ1v) is 6.63. The van der Waals surface area contributed by atoms with Gasteiger partial charge < -0.3 is 9.90 Å². The summed E-state index contributed by atoms with van der Waals surface area (Å²) in [7, 11) is 0. The molecule has 0 aliphatic heterocycles. The van der Waals surface area contributed by atoms with Gasteiger partial charge >= 0.3 is 0 Å². The van der Waals surface area contributed by atoms with Crippen LogP contribution in [0.15, 0.2) is 53.3 Å². The molecule has 2 aromatic carbocycles. The van der Waals surface area contributed by atoms with Crippen molar-refractivity contribution in [3.63, 3.8) is 0 Å². The molecular weight excluding hydrogens is 282 g/mol. The standard InChI is InChI=1S/C16H13N3O3/c1-10-17-14-5-3-2-4-13(14)15(20)19(10)18-12-8-6-11(7-9-12)16(21)22/h2-9,18H,1H3,(H,21,22)/p-1. The predicted molar refractivity (Wildman–Crippen MR) is 80.5 cm³/mol. The summed E-state index contributed by atoms with van der Waals surface area (Å²) in [5.74, 6) is -0.736. The zero-order valence-corrected chi connectivity index (χ0v) is 11.7. The highest BCUT2D eigenvalue weighted by molar-refractivity contribution is 5.86. The first-order valence-electron chi connectivity index (χ1n) is 6.63. The first-order chi connectivity index (χ1) is 10.6. The van der Waals surface area contributed by atoms with Gasteiger partial charge in [-0.15, -0.1) is 0 Å². The van der Waals surface area contributed by atoms with Crippen molar-refractivity contribution < 1.29 is 9.90 Å². The fourth-order valence-corrected chi connectivity index (χ4v) is 2.19. The Balaban J connectivity index is 2.03. The molecule has 1 N–H and O–H groups in total. The van der Waals surface area contributed by atoms with Gasteiger partial charge in [-0.3, -0.25) is 10.2 Å². The summed E-state index contributed by atoms with van der Waals surface area (Å²) in [6.45, 7) is 1.72. The van der Waals surface area contributed by atoms with E-state index >= 15 is 0 Å². The van der Waals surface area contributed by atoms with Gasteiger partial charge in [0, 0.05) is 0 Å². The van der Waals surface area contributed by atoms with Crippen LogP contribution in [-0.2, 0) is 0 Å². The molecule has 22 heavy (non-hydrogen) atoms. The van der Waals surface area contributed by atoms with E-state index in [4.69, 9.17) is 0 Å². The van der Waals surface area contributed by atoms with Crippen LogP contribution in [0.5, 0.6) is 0 Å². The number of hydrogen-bond donors (Lipinski definition) is 1. The fourth-order valence-electron chi connectivity index (χ4n) is 2.19. The smallest absolute Gasteiger partial charge is 0.280 e. The molecule has 0 atom stereocenters. The molecule has 0 radical (unpaired) electrons. The number of nitrogens with one attached hydrogen (secondary N) is 1. The topological polar surface area (TPSA) is 87.0 Å². The predicted octanol–water partition coefficient (Wildman–Crippen LogP) is 0.944. The van der Waals surface area contributed by atoms with Crippen molar-refractivity contribution in [2.45, 2.75) is 6.92 Å². The van der Waals surface area contributed by atoms with Gasteiger partial charge in [-0.2, -0.15) is 0 Å². The summed E-state index contributed by atoms with van der Waals surface area (Å²) in [5.41, 5.74) is 4.00. The van der Waals surface area contributed by atoms with Crippen LogP contribution in [0.25, 0.3) is 10.9 Å². The van der Waals surface area contributed by atoms with Crippen molar-refractivity contribution in [3.05, 3.63) is 70.3 Å². The molecule has 0 spiro atoms. The highest BCUT2D eigenvalue weighted by Gasteiger charge is 2.07. The second kappa shape index (κ2) is 5.33. The minimum atomic E-state index is -1.24. The number of carbonyl (C=O) groups excluding carboxylic acids is 1. The molecule has 0 aliphatic rings. The molecule has 110 valence electrons. The van der Waals surface area contributed by atoms with Crippen LogP contribution in [0.1, 0.15) is 16.2 Å². The lowest BCUT2D eigenvalue weighted by atomic mass is 10.2. The zero-order valence-electron chi connectivity index (χ0n) is 11.7. The van der Waals surface area contributed by atoms with Gasteiger partial charge in [0.05, 0.1) is 22.6 Å². The number of aryl methyl sites for hydroxylation is 1. The van der Waals surface area contributed by atoms with Gasteiger partial charge in [-0.1, -0.05) is 24.3 Å². The molecule has 0 saturated carbocycles. The second-order valence-corrected chi connectivity index (χ2v) is 4.79. The van der Waals surface area contributed by atoms with Gasteiger partial charge in [0.25, 0.3) is 5.56 Å². The van der Waals surface area contributed by atoms with Gasteiger partial charge in [-0.25, -0.2) is 9.66 Å². The Kier molecular flexibility index (Phi) is 3.34. The Hall–Kier alpha value is -3.15. The molecule has 0 unspecified atom stereocenters. The third-order valence-corrected chi connectivity index (χ3v) is 3.30. The lowest BCUT2D eigenvalue weighted by molar-refractivity contribution is -0.255. The summed E-state index contributed by atoms with van der Waals surface area (Å²) < 4.78 is 1.33. The van der Waals surface area contributed by atoms with Gasteiger partial charge in [-0.05, 0) is 36.8 Å². The van der Waals surface area contributed by atoms with E-state index in [2.05, 4.69) is 10.4 Å². The summed E-state index contributed by atoms with van der Waals surface area (Å²) in [6.07, 6.45) is 0. The molecule has 0 aliphatic carbocycles. The average Bonchev–Trinajstić information content (AvgIpc) is 2.52. The number of carbonyl (C=O) groups is 1. The number of carboxylic acids is 1. The van der Waals surface area contributed by atoms with Crippen molar-refractivity contribution in [3.8, 4) is 0 Å². The molecule has 1 heterocycles. The number of benzene rings is 2. The van der Waals surface area contributed by atoms with Crippen molar-refractivity contribution >= 4 is 22.6 Å². The normalized spacial score (nSPS) is 10.6. The molecule has 0 amide bonds. The minimum absolute atomic E-state index is 0.0752. The lowest BCUT2D eigenvalue weighted by Crippen LogP contribution is -2.29. The van der Waals surface area contributed by atoms with E-state index in [1.54, 1.807) is 37.3 Å². The van der Waals surface area contributed by atoms with E-state index in [1.807, 2.05) is 6.07 Å². The van der Waals surface area contributed by atoms with Crippen LogP contribution < -0.4 is 16.1 Å². The Bertz CT molecular complexity index is 914. The molecular formula is C16H12N3O3-.